The van der Waals surface area contributed by atoms with Gasteiger partial charge in [0.2, 0.25) is 0 Å². The van der Waals surface area contributed by atoms with Crippen LogP contribution in [0.15, 0.2) is 30.6 Å². The van der Waals surface area contributed by atoms with Gasteiger partial charge in [-0.05, 0) is 18.1 Å². The second-order valence-corrected chi connectivity index (χ2v) is 5.24. The topological polar surface area (TPSA) is 44.3 Å². The van der Waals surface area contributed by atoms with Crippen molar-refractivity contribution in [2.75, 3.05) is 13.1 Å². The number of hydrogen-bond acceptors (Lipinski definition) is 3. The molecule has 0 radical (unpaired) electrons. The zero-order valence-corrected chi connectivity index (χ0v) is 11.6. The molecule has 0 fully saturated rings. The molecule has 0 bridgehead atoms. The Hall–Kier alpha value is -1.86. The lowest BCUT2D eigenvalue weighted by Crippen LogP contribution is -2.28. The summed E-state index contributed by atoms with van der Waals surface area (Å²) in [6.45, 7) is 7.01. The predicted molar refractivity (Wildman–Crippen MR) is 75.5 cm³/mol. The summed E-state index contributed by atoms with van der Waals surface area (Å²) in [6.07, 6.45) is 4.64. The summed E-state index contributed by atoms with van der Waals surface area (Å²) >= 11 is 0. The minimum atomic E-state index is 0.570. The summed E-state index contributed by atoms with van der Waals surface area (Å²) in [6, 6.07) is 8.22. The molecule has 2 rings (SSSR count). The van der Waals surface area contributed by atoms with Crippen molar-refractivity contribution >= 4 is 5.65 Å². The normalized spacial score (nSPS) is 11.3. The highest BCUT2D eigenvalue weighted by molar-refractivity contribution is 5.39. The van der Waals surface area contributed by atoms with Gasteiger partial charge in [-0.1, -0.05) is 19.9 Å². The van der Waals surface area contributed by atoms with Crippen LogP contribution in [-0.2, 0) is 6.54 Å². The summed E-state index contributed by atoms with van der Waals surface area (Å²) in [4.78, 5) is 6.91. The smallest absolute Gasteiger partial charge is 0.137 e. The van der Waals surface area contributed by atoms with Crippen LogP contribution in [0.2, 0.25) is 0 Å². The van der Waals surface area contributed by atoms with E-state index in [9.17, 15) is 0 Å². The summed E-state index contributed by atoms with van der Waals surface area (Å²) in [7, 11) is 0. The van der Waals surface area contributed by atoms with E-state index >= 15 is 0 Å². The number of hydrogen-bond donors (Lipinski definition) is 0. The van der Waals surface area contributed by atoms with Crippen LogP contribution in [0.4, 0.5) is 0 Å². The molecule has 0 saturated heterocycles. The first-order valence-corrected chi connectivity index (χ1v) is 6.71. The zero-order valence-electron chi connectivity index (χ0n) is 11.6. The highest BCUT2D eigenvalue weighted by Gasteiger charge is 2.10. The van der Waals surface area contributed by atoms with Crippen molar-refractivity contribution in [3.8, 4) is 6.07 Å². The minimum Gasteiger partial charge on any atom is -0.307 e. The van der Waals surface area contributed by atoms with Crippen molar-refractivity contribution in [1.82, 2.24) is 14.3 Å². The molecule has 0 aliphatic heterocycles. The van der Waals surface area contributed by atoms with Crippen LogP contribution in [0, 0.1) is 17.2 Å². The van der Waals surface area contributed by atoms with Crippen LogP contribution < -0.4 is 0 Å². The molecule has 0 saturated carbocycles. The second-order valence-electron chi connectivity index (χ2n) is 5.24. The first-order chi connectivity index (χ1) is 9.19. The van der Waals surface area contributed by atoms with Crippen molar-refractivity contribution < 1.29 is 0 Å². The van der Waals surface area contributed by atoms with Gasteiger partial charge in [0.25, 0.3) is 0 Å². The number of fused-ring (bicyclic) bond motifs is 1. The lowest BCUT2D eigenvalue weighted by atomic mass is 10.2. The maximum atomic E-state index is 8.73. The Labute approximate surface area is 114 Å². The van der Waals surface area contributed by atoms with Crippen LogP contribution in [0.5, 0.6) is 0 Å². The first kappa shape index (κ1) is 13.6. The SMILES string of the molecule is CC(C)CN(CCC#N)Cc1cn2ccccc2n1. The quantitative estimate of drug-likeness (QED) is 0.798. The average molecular weight is 256 g/mol. The van der Waals surface area contributed by atoms with E-state index in [1.165, 1.54) is 0 Å². The van der Waals surface area contributed by atoms with Crippen LogP contribution in [-0.4, -0.2) is 27.4 Å². The maximum Gasteiger partial charge on any atom is 0.137 e. The van der Waals surface area contributed by atoms with E-state index in [1.54, 1.807) is 0 Å². The Morgan fingerprint density at radius 1 is 1.42 bits per heavy atom. The van der Waals surface area contributed by atoms with Crippen molar-refractivity contribution in [3.63, 3.8) is 0 Å². The average Bonchev–Trinajstić information content (AvgIpc) is 2.77. The molecule has 0 aliphatic carbocycles. The standard InChI is InChI=1S/C15H20N4/c1-13(2)10-18(8-5-7-16)11-14-12-19-9-4-3-6-15(19)17-14/h3-4,6,9,12-13H,5,8,10-11H2,1-2H3. The van der Waals surface area contributed by atoms with E-state index in [1.807, 2.05) is 28.8 Å². The third kappa shape index (κ3) is 3.80. The summed E-state index contributed by atoms with van der Waals surface area (Å²) in [5.41, 5.74) is 2.03. The molecule has 0 spiro atoms. The van der Waals surface area contributed by atoms with Gasteiger partial charge in [-0.2, -0.15) is 5.26 Å². The number of pyridine rings is 1. The van der Waals surface area contributed by atoms with Gasteiger partial charge in [-0.15, -0.1) is 0 Å². The fourth-order valence-electron chi connectivity index (χ4n) is 2.25. The van der Waals surface area contributed by atoms with E-state index in [-0.39, 0.29) is 0 Å². The summed E-state index contributed by atoms with van der Waals surface area (Å²) < 4.78 is 2.03. The second kappa shape index (κ2) is 6.35. The number of nitrogens with zero attached hydrogens (tertiary/aromatic N) is 4. The summed E-state index contributed by atoms with van der Waals surface area (Å²) in [5, 5.41) is 8.73. The largest absolute Gasteiger partial charge is 0.307 e. The van der Waals surface area contributed by atoms with Crippen molar-refractivity contribution in [2.45, 2.75) is 26.8 Å². The minimum absolute atomic E-state index is 0.570. The molecule has 4 nitrogen and oxygen atoms in total. The van der Waals surface area contributed by atoms with Gasteiger partial charge in [-0.3, -0.25) is 4.90 Å². The Balaban J connectivity index is 2.08. The van der Waals surface area contributed by atoms with E-state index < -0.39 is 0 Å². The van der Waals surface area contributed by atoms with Gasteiger partial charge in [0, 0.05) is 38.4 Å². The van der Waals surface area contributed by atoms with Crippen LogP contribution in [0.25, 0.3) is 5.65 Å². The molecule has 0 aliphatic rings. The Bertz CT molecular complexity index is 532. The summed E-state index contributed by atoms with van der Waals surface area (Å²) in [5.74, 6) is 0.593. The first-order valence-electron chi connectivity index (χ1n) is 6.71. The van der Waals surface area contributed by atoms with E-state index in [0.29, 0.717) is 12.3 Å². The fourth-order valence-corrected chi connectivity index (χ4v) is 2.25. The molecule has 0 atom stereocenters. The van der Waals surface area contributed by atoms with Gasteiger partial charge >= 0.3 is 0 Å². The number of imidazole rings is 1. The molecule has 19 heavy (non-hydrogen) atoms. The van der Waals surface area contributed by atoms with E-state index in [4.69, 9.17) is 5.26 Å². The fraction of sp³-hybridized carbons (Fsp3) is 0.467. The van der Waals surface area contributed by atoms with Gasteiger partial charge in [-0.25, -0.2) is 4.98 Å². The monoisotopic (exact) mass is 256 g/mol. The molecule has 2 aromatic heterocycles. The maximum absolute atomic E-state index is 8.73. The van der Waals surface area contributed by atoms with Crippen molar-refractivity contribution in [1.29, 1.82) is 5.26 Å². The molecule has 2 heterocycles. The van der Waals surface area contributed by atoms with Crippen LogP contribution >= 0.6 is 0 Å². The zero-order chi connectivity index (χ0) is 13.7. The van der Waals surface area contributed by atoms with Gasteiger partial charge < -0.3 is 4.40 Å². The number of rotatable bonds is 6. The Morgan fingerprint density at radius 2 is 2.26 bits per heavy atom. The third-order valence-electron chi connectivity index (χ3n) is 2.96. The van der Waals surface area contributed by atoms with Gasteiger partial charge in [0.1, 0.15) is 5.65 Å². The van der Waals surface area contributed by atoms with E-state index in [0.717, 1.165) is 31.0 Å². The van der Waals surface area contributed by atoms with Gasteiger partial charge in [0.05, 0.1) is 11.8 Å². The number of nitriles is 1. The molecule has 0 N–H and O–H groups in total. The molecule has 4 heteroatoms. The van der Waals surface area contributed by atoms with E-state index in [2.05, 4.69) is 36.0 Å². The molecule has 0 unspecified atom stereocenters. The Kier molecular flexibility index (Phi) is 4.53. The molecular weight excluding hydrogens is 236 g/mol. The highest BCUT2D eigenvalue weighted by atomic mass is 15.1. The highest BCUT2D eigenvalue weighted by Crippen LogP contribution is 2.09. The third-order valence-corrected chi connectivity index (χ3v) is 2.96. The van der Waals surface area contributed by atoms with Crippen LogP contribution in [0.1, 0.15) is 26.0 Å². The lowest BCUT2D eigenvalue weighted by molar-refractivity contribution is 0.239. The van der Waals surface area contributed by atoms with Crippen molar-refractivity contribution in [3.05, 3.63) is 36.3 Å². The predicted octanol–water partition coefficient (Wildman–Crippen LogP) is 2.71. The molecule has 2 aromatic rings. The Morgan fingerprint density at radius 3 is 2.95 bits per heavy atom. The number of aromatic nitrogens is 2. The van der Waals surface area contributed by atoms with Crippen LogP contribution in [0.3, 0.4) is 0 Å². The molecule has 0 aromatic carbocycles. The van der Waals surface area contributed by atoms with Crippen molar-refractivity contribution in [2.24, 2.45) is 5.92 Å². The molecular formula is C15H20N4. The lowest BCUT2D eigenvalue weighted by Gasteiger charge is -2.22. The molecule has 0 amide bonds. The molecule has 100 valence electrons. The van der Waals surface area contributed by atoms with Gasteiger partial charge in [0.15, 0.2) is 0 Å².